The van der Waals surface area contributed by atoms with Crippen molar-refractivity contribution in [3.8, 4) is 0 Å². The van der Waals surface area contributed by atoms with Crippen LogP contribution in [-0.4, -0.2) is 45.1 Å². The molecule has 7 heteroatoms. The molecule has 1 heterocycles. The highest BCUT2D eigenvalue weighted by molar-refractivity contribution is 7.89. The highest BCUT2D eigenvalue weighted by atomic mass is 32.2. The number of ether oxygens (including phenoxy) is 1. The molecule has 0 saturated carbocycles. The van der Waals surface area contributed by atoms with E-state index in [0.717, 1.165) is 0 Å². The molecule has 1 aromatic rings. The molecule has 0 unspecified atom stereocenters. The van der Waals surface area contributed by atoms with E-state index in [2.05, 4.69) is 0 Å². The minimum Gasteiger partial charge on any atom is -0.465 e. The molecule has 1 N–H and O–H groups in total. The van der Waals surface area contributed by atoms with Crippen LogP contribution in [0.5, 0.6) is 0 Å². The number of hydrogen-bond donors (Lipinski definition) is 1. The lowest BCUT2D eigenvalue weighted by molar-refractivity contribution is 0.189. The zero-order valence-electron chi connectivity index (χ0n) is 11.8. The quantitative estimate of drug-likeness (QED) is 0.759. The Hall–Kier alpha value is -0.890. The number of rotatable bonds is 7. The number of methoxy groups -OCH3 is 1. The zero-order chi connectivity index (χ0) is 14.6. The molecular weight excluding hydrogens is 270 g/mol. The van der Waals surface area contributed by atoms with Crippen LogP contribution >= 0.6 is 0 Å². The van der Waals surface area contributed by atoms with E-state index in [0.29, 0.717) is 36.7 Å². The van der Waals surface area contributed by atoms with Gasteiger partial charge in [0.2, 0.25) is 10.0 Å². The SMILES string of the molecule is COCCCN(C)S(=O)(=O)c1c(C)oc(C)c1CO. The van der Waals surface area contributed by atoms with Gasteiger partial charge in [0.05, 0.1) is 6.61 Å². The topological polar surface area (TPSA) is 80.0 Å². The number of aliphatic hydroxyl groups is 1. The molecular formula is C12H21NO5S. The maximum atomic E-state index is 12.5. The van der Waals surface area contributed by atoms with Crippen molar-refractivity contribution in [1.29, 1.82) is 0 Å². The molecule has 0 fully saturated rings. The Balaban J connectivity index is 3.06. The van der Waals surface area contributed by atoms with Gasteiger partial charge in [-0.1, -0.05) is 0 Å². The molecule has 110 valence electrons. The molecule has 0 amide bonds. The molecule has 0 radical (unpaired) electrons. The van der Waals surface area contributed by atoms with Crippen molar-refractivity contribution >= 4 is 10.0 Å². The first kappa shape index (κ1) is 16.2. The van der Waals surface area contributed by atoms with Gasteiger partial charge >= 0.3 is 0 Å². The molecule has 6 nitrogen and oxygen atoms in total. The summed E-state index contributed by atoms with van der Waals surface area (Å²) < 4.78 is 36.4. The number of aryl methyl sites for hydroxylation is 2. The standard InChI is InChI=1S/C12H21NO5S/c1-9-11(8-14)12(10(2)18-9)19(15,16)13(3)6-5-7-17-4/h14H,5-8H2,1-4H3. The summed E-state index contributed by atoms with van der Waals surface area (Å²) in [6.45, 7) is 3.72. The zero-order valence-corrected chi connectivity index (χ0v) is 12.6. The molecule has 0 spiro atoms. The average molecular weight is 291 g/mol. The van der Waals surface area contributed by atoms with Crippen LogP contribution in [0.2, 0.25) is 0 Å². The van der Waals surface area contributed by atoms with Crippen molar-refractivity contribution in [1.82, 2.24) is 4.31 Å². The van der Waals surface area contributed by atoms with Crippen LogP contribution in [0.15, 0.2) is 9.31 Å². The smallest absolute Gasteiger partial charge is 0.246 e. The fourth-order valence-electron chi connectivity index (χ4n) is 1.94. The van der Waals surface area contributed by atoms with Gasteiger partial charge in [-0.2, -0.15) is 0 Å². The summed E-state index contributed by atoms with van der Waals surface area (Å²) in [5.41, 5.74) is 0.330. The third-order valence-corrected chi connectivity index (χ3v) is 5.03. The van der Waals surface area contributed by atoms with Crippen LogP contribution in [0.1, 0.15) is 23.5 Å². The average Bonchev–Trinajstić information content (AvgIpc) is 2.64. The van der Waals surface area contributed by atoms with Gasteiger partial charge in [0.25, 0.3) is 0 Å². The number of hydrogen-bond acceptors (Lipinski definition) is 5. The third kappa shape index (κ3) is 3.36. The Labute approximate surface area is 114 Å². The molecule has 1 aromatic heterocycles. The van der Waals surface area contributed by atoms with E-state index in [9.17, 15) is 13.5 Å². The lowest BCUT2D eigenvalue weighted by Crippen LogP contribution is -2.29. The van der Waals surface area contributed by atoms with Gasteiger partial charge in [-0.15, -0.1) is 0 Å². The predicted octanol–water partition coefficient (Wildman–Crippen LogP) is 1.05. The monoisotopic (exact) mass is 291 g/mol. The maximum Gasteiger partial charge on any atom is 0.246 e. The van der Waals surface area contributed by atoms with Gasteiger partial charge < -0.3 is 14.3 Å². The van der Waals surface area contributed by atoms with E-state index in [4.69, 9.17) is 9.15 Å². The second kappa shape index (κ2) is 6.51. The maximum absolute atomic E-state index is 12.5. The van der Waals surface area contributed by atoms with Gasteiger partial charge in [-0.05, 0) is 20.3 Å². The van der Waals surface area contributed by atoms with Crippen molar-refractivity contribution in [2.24, 2.45) is 0 Å². The van der Waals surface area contributed by atoms with Gasteiger partial charge in [-0.25, -0.2) is 12.7 Å². The summed E-state index contributed by atoms with van der Waals surface area (Å²) >= 11 is 0. The highest BCUT2D eigenvalue weighted by Gasteiger charge is 2.29. The van der Waals surface area contributed by atoms with Crippen molar-refractivity contribution in [2.75, 3.05) is 27.3 Å². The normalized spacial score (nSPS) is 12.3. The molecule has 0 aliphatic rings. The molecule has 0 aliphatic carbocycles. The Bertz CT molecular complexity index is 520. The van der Waals surface area contributed by atoms with E-state index in [1.54, 1.807) is 21.0 Å². The summed E-state index contributed by atoms with van der Waals surface area (Å²) in [4.78, 5) is 0.0763. The first-order valence-electron chi connectivity index (χ1n) is 6.01. The Kier molecular flexibility index (Phi) is 5.54. The van der Waals surface area contributed by atoms with Crippen molar-refractivity contribution in [3.05, 3.63) is 17.1 Å². The Morgan fingerprint density at radius 1 is 1.32 bits per heavy atom. The van der Waals surface area contributed by atoms with Crippen molar-refractivity contribution < 1.29 is 22.7 Å². The predicted molar refractivity (Wildman–Crippen MR) is 70.4 cm³/mol. The van der Waals surface area contributed by atoms with Crippen LogP contribution < -0.4 is 0 Å². The van der Waals surface area contributed by atoms with Gasteiger partial charge in [0.1, 0.15) is 16.4 Å². The number of furan rings is 1. The number of sulfonamides is 1. The summed E-state index contributed by atoms with van der Waals surface area (Å²) in [6, 6.07) is 0. The molecule has 0 aliphatic heterocycles. The lowest BCUT2D eigenvalue weighted by atomic mass is 10.2. The van der Waals surface area contributed by atoms with E-state index < -0.39 is 10.0 Å². The molecule has 0 saturated heterocycles. The fraction of sp³-hybridized carbons (Fsp3) is 0.667. The van der Waals surface area contributed by atoms with E-state index in [1.807, 2.05) is 0 Å². The number of aliphatic hydroxyl groups excluding tert-OH is 1. The lowest BCUT2D eigenvalue weighted by Gasteiger charge is -2.17. The molecule has 0 aromatic carbocycles. The van der Waals surface area contributed by atoms with Crippen LogP contribution in [0.25, 0.3) is 0 Å². The molecule has 0 atom stereocenters. The molecule has 1 rings (SSSR count). The van der Waals surface area contributed by atoms with E-state index in [1.165, 1.54) is 11.4 Å². The second-order valence-electron chi connectivity index (χ2n) is 4.35. The minimum absolute atomic E-state index is 0.0763. The van der Waals surface area contributed by atoms with Crippen LogP contribution in [0, 0.1) is 13.8 Å². The Morgan fingerprint density at radius 2 is 1.95 bits per heavy atom. The number of nitrogens with zero attached hydrogens (tertiary/aromatic N) is 1. The fourth-order valence-corrected chi connectivity index (χ4v) is 3.54. The van der Waals surface area contributed by atoms with Crippen molar-refractivity contribution in [3.63, 3.8) is 0 Å². The second-order valence-corrected chi connectivity index (χ2v) is 6.33. The van der Waals surface area contributed by atoms with Crippen LogP contribution in [0.4, 0.5) is 0 Å². The van der Waals surface area contributed by atoms with Gasteiger partial charge in [0, 0.05) is 32.9 Å². The van der Waals surface area contributed by atoms with E-state index in [-0.39, 0.29) is 11.5 Å². The largest absolute Gasteiger partial charge is 0.465 e. The van der Waals surface area contributed by atoms with Crippen LogP contribution in [-0.2, 0) is 21.4 Å². The molecule has 0 bridgehead atoms. The summed E-state index contributed by atoms with van der Waals surface area (Å²) in [5.74, 6) is 0.740. The molecule has 19 heavy (non-hydrogen) atoms. The first-order chi connectivity index (χ1) is 8.86. The van der Waals surface area contributed by atoms with Crippen LogP contribution in [0.3, 0.4) is 0 Å². The third-order valence-electron chi connectivity index (χ3n) is 2.97. The summed E-state index contributed by atoms with van der Waals surface area (Å²) in [5, 5.41) is 9.31. The summed E-state index contributed by atoms with van der Waals surface area (Å²) in [6.07, 6.45) is 0.608. The van der Waals surface area contributed by atoms with E-state index >= 15 is 0 Å². The van der Waals surface area contributed by atoms with Gasteiger partial charge in [0.15, 0.2) is 0 Å². The Morgan fingerprint density at radius 3 is 2.47 bits per heavy atom. The first-order valence-corrected chi connectivity index (χ1v) is 7.45. The minimum atomic E-state index is -3.65. The highest BCUT2D eigenvalue weighted by Crippen LogP contribution is 2.28. The van der Waals surface area contributed by atoms with Gasteiger partial charge in [-0.3, -0.25) is 0 Å². The van der Waals surface area contributed by atoms with Crippen molar-refractivity contribution in [2.45, 2.75) is 31.8 Å². The summed E-state index contributed by atoms with van der Waals surface area (Å²) in [7, 11) is -0.569.